The van der Waals surface area contributed by atoms with E-state index in [9.17, 15) is 9.59 Å². The van der Waals surface area contributed by atoms with Crippen LogP contribution in [0.1, 0.15) is 49.7 Å². The number of nitrogens with one attached hydrogen (secondary N) is 3. The third-order valence-corrected chi connectivity index (χ3v) is 5.86. The number of hydrogen-bond donors (Lipinski definition) is 3. The van der Waals surface area contributed by atoms with Gasteiger partial charge in [0.2, 0.25) is 0 Å². The van der Waals surface area contributed by atoms with Crippen LogP contribution in [0.4, 0.5) is 16.3 Å². The van der Waals surface area contributed by atoms with Gasteiger partial charge in [0.05, 0.1) is 11.3 Å². The zero-order valence-corrected chi connectivity index (χ0v) is 20.1. The summed E-state index contributed by atoms with van der Waals surface area (Å²) < 4.78 is 7.80. The van der Waals surface area contributed by atoms with Gasteiger partial charge in [-0.1, -0.05) is 26.8 Å². The number of anilines is 2. The fourth-order valence-electron chi connectivity index (χ4n) is 3.89. The number of aromatic amines is 1. The smallest absolute Gasteiger partial charge is 0.324 e. The number of benzene rings is 1. The first kappa shape index (κ1) is 23.4. The molecule has 0 unspecified atom stereocenters. The number of likely N-dealkylation sites (tertiary alicyclic amines) is 1. The maximum absolute atomic E-state index is 12.5. The Balaban J connectivity index is 1.30. The van der Waals surface area contributed by atoms with Crippen LogP contribution in [0.25, 0.3) is 0 Å². The van der Waals surface area contributed by atoms with Gasteiger partial charge in [-0.05, 0) is 18.2 Å². The summed E-state index contributed by atoms with van der Waals surface area (Å²) in [4.78, 5) is 29.8. The molecule has 9 nitrogen and oxygen atoms in total. The molecule has 1 aliphatic rings. The maximum Gasteiger partial charge on any atom is 0.324 e. The number of rotatable bonds is 5. The van der Waals surface area contributed by atoms with E-state index in [0.29, 0.717) is 35.9 Å². The van der Waals surface area contributed by atoms with Crippen molar-refractivity contribution in [1.29, 1.82) is 0 Å². The molecule has 34 heavy (non-hydrogen) atoms. The highest BCUT2D eigenvalue weighted by molar-refractivity contribution is 5.99. The molecule has 4 rings (SSSR count). The molecule has 2 aromatic heterocycles. The van der Waals surface area contributed by atoms with Crippen LogP contribution in [0.15, 0.2) is 48.8 Å². The van der Waals surface area contributed by atoms with Crippen LogP contribution >= 0.6 is 0 Å². The fourth-order valence-corrected chi connectivity index (χ4v) is 3.89. The van der Waals surface area contributed by atoms with Gasteiger partial charge in [-0.2, -0.15) is 5.10 Å². The summed E-state index contributed by atoms with van der Waals surface area (Å²) in [6.07, 6.45) is 5.00. The summed E-state index contributed by atoms with van der Waals surface area (Å²) in [6, 6.07) is 10.7. The number of aryl methyl sites for hydroxylation is 1. The van der Waals surface area contributed by atoms with E-state index >= 15 is 0 Å². The molecule has 3 amide bonds. The number of nitrogens with zero attached hydrogens (tertiary/aromatic N) is 3. The zero-order chi connectivity index (χ0) is 24.3. The maximum atomic E-state index is 12.5. The lowest BCUT2D eigenvalue weighted by Crippen LogP contribution is -2.41. The Kier molecular flexibility index (Phi) is 6.63. The average molecular weight is 465 g/mol. The standard InChI is InChI=1S/C25H32N6O3/c1-25(2,3)21-15-22(30(4)29-21)28-24(33)27-18-6-5-7-20(14-18)34-19-9-12-31(13-10-19)23(32)17-8-11-26-16-17/h5-8,11,14-16,19,26H,9-10,12-13H2,1-4H3,(H2,27,28,33). The van der Waals surface area contributed by atoms with Gasteiger partial charge in [0.25, 0.3) is 5.91 Å². The van der Waals surface area contributed by atoms with Crippen LogP contribution in [0.3, 0.4) is 0 Å². The normalized spacial score (nSPS) is 14.6. The van der Waals surface area contributed by atoms with Crippen LogP contribution in [0.2, 0.25) is 0 Å². The highest BCUT2D eigenvalue weighted by Gasteiger charge is 2.25. The van der Waals surface area contributed by atoms with Gasteiger partial charge in [0, 0.05) is 68.6 Å². The van der Waals surface area contributed by atoms with Crippen LogP contribution in [-0.4, -0.2) is 50.8 Å². The number of hydrogen-bond acceptors (Lipinski definition) is 4. The van der Waals surface area contributed by atoms with Crippen LogP contribution in [0.5, 0.6) is 5.75 Å². The zero-order valence-electron chi connectivity index (χ0n) is 20.1. The van der Waals surface area contributed by atoms with Crippen LogP contribution in [0, 0.1) is 0 Å². The van der Waals surface area contributed by atoms with E-state index in [1.54, 1.807) is 36.3 Å². The lowest BCUT2D eigenvalue weighted by atomic mass is 9.92. The molecule has 0 radical (unpaired) electrons. The van der Waals surface area contributed by atoms with Gasteiger partial charge < -0.3 is 19.9 Å². The van der Waals surface area contributed by atoms with E-state index in [1.807, 2.05) is 29.2 Å². The van der Waals surface area contributed by atoms with Crippen molar-refractivity contribution in [2.75, 3.05) is 23.7 Å². The van der Waals surface area contributed by atoms with E-state index in [-0.39, 0.29) is 23.5 Å². The second-order valence-electron chi connectivity index (χ2n) is 9.60. The molecule has 3 heterocycles. The Bertz CT molecular complexity index is 1140. The first-order valence-electron chi connectivity index (χ1n) is 11.5. The number of ether oxygens (including phenoxy) is 1. The topological polar surface area (TPSA) is 104 Å². The first-order chi connectivity index (χ1) is 16.2. The van der Waals surface area contributed by atoms with Crippen molar-refractivity contribution in [1.82, 2.24) is 19.7 Å². The van der Waals surface area contributed by atoms with Gasteiger partial charge in [-0.25, -0.2) is 4.79 Å². The summed E-state index contributed by atoms with van der Waals surface area (Å²) in [5.41, 5.74) is 2.11. The number of urea groups is 1. The van der Waals surface area contributed by atoms with Gasteiger partial charge in [-0.3, -0.25) is 14.8 Å². The third-order valence-electron chi connectivity index (χ3n) is 5.86. The predicted molar refractivity (Wildman–Crippen MR) is 131 cm³/mol. The molecule has 0 saturated carbocycles. The monoisotopic (exact) mass is 464 g/mol. The Hall–Kier alpha value is -3.75. The number of amides is 3. The van der Waals surface area contributed by atoms with E-state index < -0.39 is 0 Å². The summed E-state index contributed by atoms with van der Waals surface area (Å²) in [5.74, 6) is 1.35. The molecule has 3 N–H and O–H groups in total. The number of carbonyl (C=O) groups is 2. The summed E-state index contributed by atoms with van der Waals surface area (Å²) in [5, 5.41) is 10.2. The Morgan fingerprint density at radius 2 is 1.88 bits per heavy atom. The second kappa shape index (κ2) is 9.62. The minimum absolute atomic E-state index is 0.0182. The summed E-state index contributed by atoms with van der Waals surface area (Å²) in [7, 11) is 1.80. The molecule has 1 fully saturated rings. The quantitative estimate of drug-likeness (QED) is 0.521. The van der Waals surface area contributed by atoms with E-state index in [0.717, 1.165) is 18.5 Å². The Morgan fingerprint density at radius 3 is 2.53 bits per heavy atom. The van der Waals surface area contributed by atoms with Gasteiger partial charge in [0.1, 0.15) is 17.7 Å². The molecule has 3 aromatic rings. The van der Waals surface area contributed by atoms with E-state index in [4.69, 9.17) is 4.74 Å². The largest absolute Gasteiger partial charge is 0.490 e. The molecular weight excluding hydrogens is 432 g/mol. The van der Waals surface area contributed by atoms with Crippen molar-refractivity contribution in [2.24, 2.45) is 7.05 Å². The van der Waals surface area contributed by atoms with Gasteiger partial charge >= 0.3 is 6.03 Å². The van der Waals surface area contributed by atoms with E-state index in [2.05, 4.69) is 41.5 Å². The lowest BCUT2D eigenvalue weighted by molar-refractivity contribution is 0.0596. The van der Waals surface area contributed by atoms with Crippen LogP contribution < -0.4 is 15.4 Å². The predicted octanol–water partition coefficient (Wildman–Crippen LogP) is 4.37. The Morgan fingerprint density at radius 1 is 1.12 bits per heavy atom. The molecule has 0 aliphatic carbocycles. The van der Waals surface area contributed by atoms with Crippen molar-refractivity contribution in [3.05, 3.63) is 60.0 Å². The first-order valence-corrected chi connectivity index (χ1v) is 11.5. The SMILES string of the molecule is Cn1nc(C(C)(C)C)cc1NC(=O)Nc1cccc(OC2CCN(C(=O)c3cc[nH]c3)CC2)c1. The molecule has 0 spiro atoms. The number of H-pyrrole nitrogens is 1. The summed E-state index contributed by atoms with van der Waals surface area (Å²) >= 11 is 0. The molecule has 180 valence electrons. The number of carbonyl (C=O) groups excluding carboxylic acids is 2. The average Bonchev–Trinajstić information content (AvgIpc) is 3.44. The van der Waals surface area contributed by atoms with Crippen molar-refractivity contribution in [3.8, 4) is 5.75 Å². The molecule has 0 atom stereocenters. The lowest BCUT2D eigenvalue weighted by Gasteiger charge is -2.32. The highest BCUT2D eigenvalue weighted by atomic mass is 16.5. The van der Waals surface area contributed by atoms with Crippen LogP contribution in [-0.2, 0) is 12.5 Å². The van der Waals surface area contributed by atoms with Gasteiger partial charge in [-0.15, -0.1) is 0 Å². The van der Waals surface area contributed by atoms with Crippen molar-refractivity contribution < 1.29 is 14.3 Å². The number of aromatic nitrogens is 3. The highest BCUT2D eigenvalue weighted by Crippen LogP contribution is 2.25. The minimum Gasteiger partial charge on any atom is -0.490 e. The number of piperidine rings is 1. The molecule has 1 aromatic carbocycles. The van der Waals surface area contributed by atoms with Crippen molar-refractivity contribution >= 4 is 23.4 Å². The minimum atomic E-state index is -0.350. The molecular formula is C25H32N6O3. The Labute approximate surface area is 199 Å². The third kappa shape index (κ3) is 5.59. The van der Waals surface area contributed by atoms with Gasteiger partial charge in [0.15, 0.2) is 0 Å². The molecule has 1 aliphatic heterocycles. The van der Waals surface area contributed by atoms with Crippen molar-refractivity contribution in [3.63, 3.8) is 0 Å². The second-order valence-corrected chi connectivity index (χ2v) is 9.60. The fraction of sp³-hybridized carbons (Fsp3) is 0.400. The molecule has 0 bridgehead atoms. The summed E-state index contributed by atoms with van der Waals surface area (Å²) in [6.45, 7) is 7.53. The molecule has 1 saturated heterocycles. The van der Waals surface area contributed by atoms with E-state index in [1.165, 1.54) is 0 Å². The molecule has 9 heteroatoms. The van der Waals surface area contributed by atoms with Crippen molar-refractivity contribution in [2.45, 2.75) is 45.1 Å².